The maximum absolute atomic E-state index is 13.8. The second kappa shape index (κ2) is 10.5. The van der Waals surface area contributed by atoms with Crippen molar-refractivity contribution in [3.05, 3.63) is 41.1 Å². The van der Waals surface area contributed by atoms with Crippen molar-refractivity contribution in [2.75, 3.05) is 19.0 Å². The Bertz CT molecular complexity index is 1280. The normalized spacial score (nSPS) is 29.3. The molecule has 2 saturated carbocycles. The van der Waals surface area contributed by atoms with E-state index in [0.717, 1.165) is 35.9 Å². The Hall–Kier alpha value is -2.25. The van der Waals surface area contributed by atoms with Gasteiger partial charge in [-0.1, -0.05) is 30.0 Å². The summed E-state index contributed by atoms with van der Waals surface area (Å²) in [5, 5.41) is 40.0. The first-order valence-corrected chi connectivity index (χ1v) is 13.5. The molecule has 1 aromatic carbocycles. The first-order chi connectivity index (χ1) is 17.8. The van der Waals surface area contributed by atoms with Gasteiger partial charge in [0.1, 0.15) is 12.2 Å². The summed E-state index contributed by atoms with van der Waals surface area (Å²) in [6, 6.07) is 4.05. The molecule has 3 aromatic rings. The number of halogens is 2. The molecule has 37 heavy (non-hydrogen) atoms. The topological polar surface area (TPSA) is 126 Å². The quantitative estimate of drug-likeness (QED) is 0.265. The standard InChI is InChI=1S/C25H31F2N5O4S/c1-3-8-37-24-28-18(11-14-9-15(14)13-4-5-16(26)17(27)10-13)20-23(29-24)32(31-30-20)25(2)12-19(36-7-6-33)21(34)22(25)35/h4-5,10,14-15,19,21-22,33-35H,3,6-9,11-12H2,1-2H3/t14-,15-,19-,21+,22+,25+/m0/s1. The van der Waals surface area contributed by atoms with Gasteiger partial charge in [-0.3, -0.25) is 0 Å². The zero-order chi connectivity index (χ0) is 26.3. The van der Waals surface area contributed by atoms with Crippen LogP contribution in [0.1, 0.15) is 50.3 Å². The van der Waals surface area contributed by atoms with Crippen LogP contribution in [-0.2, 0) is 16.7 Å². The van der Waals surface area contributed by atoms with E-state index < -0.39 is 35.5 Å². The van der Waals surface area contributed by atoms with E-state index >= 15 is 0 Å². The van der Waals surface area contributed by atoms with Gasteiger partial charge in [-0.15, -0.1) is 5.10 Å². The van der Waals surface area contributed by atoms with Crippen LogP contribution in [0.4, 0.5) is 8.78 Å². The SMILES string of the molecule is CCCSc1nc(C[C@@H]2C[C@H]2c2ccc(F)c(F)c2)c2nnn([C@]3(C)C[C@H](OCCO)[C@@H](O)[C@H]3O)c2n1. The number of hydrogen-bond donors (Lipinski definition) is 3. The monoisotopic (exact) mass is 535 g/mol. The number of aliphatic hydroxyl groups excluding tert-OH is 3. The highest BCUT2D eigenvalue weighted by Crippen LogP contribution is 2.50. The molecule has 0 spiro atoms. The lowest BCUT2D eigenvalue weighted by atomic mass is 9.97. The van der Waals surface area contributed by atoms with Crippen LogP contribution < -0.4 is 0 Å². The van der Waals surface area contributed by atoms with Gasteiger partial charge >= 0.3 is 0 Å². The van der Waals surface area contributed by atoms with Gasteiger partial charge in [0.05, 0.1) is 30.6 Å². The van der Waals surface area contributed by atoms with Crippen molar-refractivity contribution in [3.63, 3.8) is 0 Å². The number of fused-ring (bicyclic) bond motifs is 1. The number of thioether (sulfide) groups is 1. The van der Waals surface area contributed by atoms with Gasteiger partial charge < -0.3 is 20.1 Å². The van der Waals surface area contributed by atoms with Gasteiger partial charge in [0.25, 0.3) is 0 Å². The molecule has 2 aliphatic carbocycles. The van der Waals surface area contributed by atoms with Crippen LogP contribution in [0, 0.1) is 17.6 Å². The average Bonchev–Trinajstić information content (AvgIpc) is 3.44. The second-order valence-corrected chi connectivity index (χ2v) is 11.1. The lowest BCUT2D eigenvalue weighted by Gasteiger charge is -2.28. The fraction of sp³-hybridized carbons (Fsp3) is 0.600. The molecule has 0 aliphatic heterocycles. The Balaban J connectivity index is 1.46. The predicted molar refractivity (Wildman–Crippen MR) is 132 cm³/mol. The number of rotatable bonds is 10. The van der Waals surface area contributed by atoms with Gasteiger partial charge in [-0.25, -0.2) is 23.4 Å². The lowest BCUT2D eigenvalue weighted by molar-refractivity contribution is -0.0675. The minimum Gasteiger partial charge on any atom is -0.394 e. The molecule has 6 atom stereocenters. The molecule has 0 bridgehead atoms. The Labute approximate surface area is 217 Å². The number of aromatic nitrogens is 5. The third kappa shape index (κ3) is 4.97. The summed E-state index contributed by atoms with van der Waals surface area (Å²) in [6.07, 6.45) is -0.427. The molecule has 0 unspecified atom stereocenters. The van der Waals surface area contributed by atoms with Gasteiger partial charge in [0, 0.05) is 12.2 Å². The number of benzene rings is 1. The minimum atomic E-state index is -1.19. The molecule has 2 aliphatic rings. The zero-order valence-electron chi connectivity index (χ0n) is 20.7. The smallest absolute Gasteiger partial charge is 0.189 e. The van der Waals surface area contributed by atoms with Crippen molar-refractivity contribution in [3.8, 4) is 0 Å². The molecule has 9 nitrogen and oxygen atoms in total. The van der Waals surface area contributed by atoms with E-state index in [-0.39, 0.29) is 31.5 Å². The maximum atomic E-state index is 13.8. The van der Waals surface area contributed by atoms with Crippen LogP contribution in [0.2, 0.25) is 0 Å². The molecule has 2 fully saturated rings. The van der Waals surface area contributed by atoms with Crippen LogP contribution in [0.25, 0.3) is 11.2 Å². The van der Waals surface area contributed by atoms with Crippen LogP contribution in [0.15, 0.2) is 23.4 Å². The molecule has 5 rings (SSSR count). The van der Waals surface area contributed by atoms with Crippen molar-refractivity contribution < 1.29 is 28.8 Å². The Morgan fingerprint density at radius 2 is 2.03 bits per heavy atom. The molecule has 2 aromatic heterocycles. The summed E-state index contributed by atoms with van der Waals surface area (Å²) in [4.78, 5) is 9.49. The van der Waals surface area contributed by atoms with E-state index in [9.17, 15) is 19.0 Å². The molecule has 2 heterocycles. The van der Waals surface area contributed by atoms with Crippen molar-refractivity contribution in [2.24, 2.45) is 5.92 Å². The highest BCUT2D eigenvalue weighted by atomic mass is 32.2. The van der Waals surface area contributed by atoms with Gasteiger partial charge in [-0.2, -0.15) is 0 Å². The first-order valence-electron chi connectivity index (χ1n) is 12.6. The summed E-state index contributed by atoms with van der Waals surface area (Å²) in [7, 11) is 0. The van der Waals surface area contributed by atoms with Gasteiger partial charge in [0.2, 0.25) is 0 Å². The van der Waals surface area contributed by atoms with Crippen molar-refractivity contribution >= 4 is 22.9 Å². The van der Waals surface area contributed by atoms with Crippen LogP contribution in [-0.4, -0.2) is 77.6 Å². The Kier molecular flexibility index (Phi) is 7.47. The highest BCUT2D eigenvalue weighted by molar-refractivity contribution is 7.99. The number of aliphatic hydroxyl groups is 3. The van der Waals surface area contributed by atoms with E-state index in [1.54, 1.807) is 17.7 Å². The molecule has 3 N–H and O–H groups in total. The van der Waals surface area contributed by atoms with E-state index in [1.807, 2.05) is 0 Å². The molecular formula is C25H31F2N5O4S. The molecule has 0 radical (unpaired) electrons. The highest BCUT2D eigenvalue weighted by Gasteiger charge is 2.53. The predicted octanol–water partition coefficient (Wildman–Crippen LogP) is 2.57. The summed E-state index contributed by atoms with van der Waals surface area (Å²) >= 11 is 1.52. The second-order valence-electron chi connectivity index (χ2n) is 10.1. The number of nitrogens with zero attached hydrogens (tertiary/aromatic N) is 5. The molecule has 200 valence electrons. The zero-order valence-corrected chi connectivity index (χ0v) is 21.5. The summed E-state index contributed by atoms with van der Waals surface area (Å²) < 4.78 is 34.3. The van der Waals surface area contributed by atoms with Crippen LogP contribution in [0.5, 0.6) is 0 Å². The van der Waals surface area contributed by atoms with E-state index in [1.165, 1.54) is 17.8 Å². The molecule has 12 heteroatoms. The third-order valence-corrected chi connectivity index (χ3v) is 8.45. The maximum Gasteiger partial charge on any atom is 0.189 e. The van der Waals surface area contributed by atoms with E-state index in [4.69, 9.17) is 19.8 Å². The van der Waals surface area contributed by atoms with Crippen LogP contribution in [0.3, 0.4) is 0 Å². The summed E-state index contributed by atoms with van der Waals surface area (Å²) in [5.41, 5.74) is 1.42. The largest absolute Gasteiger partial charge is 0.394 e. The number of hydrogen-bond acceptors (Lipinski definition) is 9. The first kappa shape index (κ1) is 26.4. The number of ether oxygens (including phenoxy) is 1. The van der Waals surface area contributed by atoms with E-state index in [2.05, 4.69) is 17.2 Å². The Morgan fingerprint density at radius 3 is 2.76 bits per heavy atom. The van der Waals surface area contributed by atoms with Crippen molar-refractivity contribution in [1.29, 1.82) is 0 Å². The summed E-state index contributed by atoms with van der Waals surface area (Å²) in [6.45, 7) is 3.70. The van der Waals surface area contributed by atoms with E-state index in [0.29, 0.717) is 22.7 Å². The molecule has 0 amide bonds. The average molecular weight is 536 g/mol. The minimum absolute atomic E-state index is 0.0489. The lowest BCUT2D eigenvalue weighted by Crippen LogP contribution is -2.43. The molecular weight excluding hydrogens is 504 g/mol. The third-order valence-electron chi connectivity index (χ3n) is 7.40. The van der Waals surface area contributed by atoms with Gasteiger partial charge in [0.15, 0.2) is 28.0 Å². The fourth-order valence-electron chi connectivity index (χ4n) is 5.26. The van der Waals surface area contributed by atoms with Gasteiger partial charge in [-0.05, 0) is 55.7 Å². The molecule has 0 saturated heterocycles. The van der Waals surface area contributed by atoms with Crippen molar-refractivity contribution in [2.45, 2.75) is 74.5 Å². The van der Waals surface area contributed by atoms with Crippen molar-refractivity contribution in [1.82, 2.24) is 25.0 Å². The summed E-state index contributed by atoms with van der Waals surface area (Å²) in [5.74, 6) is -0.577. The Morgan fingerprint density at radius 1 is 1.22 bits per heavy atom. The fourth-order valence-corrected chi connectivity index (χ4v) is 5.97. The van der Waals surface area contributed by atoms with Crippen LogP contribution >= 0.6 is 11.8 Å².